The number of hydrogen-bond donors (Lipinski definition) is 1. The van der Waals surface area contributed by atoms with Crippen LogP contribution in [0.3, 0.4) is 0 Å². The highest BCUT2D eigenvalue weighted by Crippen LogP contribution is 2.19. The SMILES string of the molecule is C[C@@H](Oc1ccc(F)cc1)C(=O)NCc1ccc(OCC(F)(F)F)cc1. The normalized spacial score (nSPS) is 12.3. The second kappa shape index (κ2) is 8.55. The monoisotopic (exact) mass is 371 g/mol. The summed E-state index contributed by atoms with van der Waals surface area (Å²) in [5, 5.41) is 2.65. The van der Waals surface area contributed by atoms with Crippen LogP contribution < -0.4 is 14.8 Å². The summed E-state index contributed by atoms with van der Waals surface area (Å²) in [5.41, 5.74) is 0.687. The molecule has 0 spiro atoms. The maximum atomic E-state index is 12.8. The molecule has 0 aliphatic heterocycles. The van der Waals surface area contributed by atoms with Crippen molar-refractivity contribution in [1.82, 2.24) is 5.32 Å². The number of rotatable bonds is 7. The Hall–Kier alpha value is -2.77. The molecule has 0 aliphatic carbocycles. The van der Waals surface area contributed by atoms with E-state index in [-0.39, 0.29) is 18.2 Å². The van der Waals surface area contributed by atoms with Crippen LogP contribution in [0, 0.1) is 5.82 Å². The summed E-state index contributed by atoms with van der Waals surface area (Å²) in [5.74, 6) is -0.338. The number of nitrogens with one attached hydrogen (secondary N) is 1. The molecule has 2 rings (SSSR count). The molecule has 0 bridgehead atoms. The van der Waals surface area contributed by atoms with Crippen molar-refractivity contribution in [2.75, 3.05) is 6.61 Å². The predicted molar refractivity (Wildman–Crippen MR) is 86.3 cm³/mol. The van der Waals surface area contributed by atoms with Crippen LogP contribution in [-0.2, 0) is 11.3 Å². The van der Waals surface area contributed by atoms with E-state index >= 15 is 0 Å². The van der Waals surface area contributed by atoms with Crippen LogP contribution in [-0.4, -0.2) is 24.8 Å². The first-order chi connectivity index (χ1) is 12.2. The smallest absolute Gasteiger partial charge is 0.422 e. The first-order valence-corrected chi connectivity index (χ1v) is 7.71. The summed E-state index contributed by atoms with van der Waals surface area (Å²) < 4.78 is 59.1. The average molecular weight is 371 g/mol. The summed E-state index contributed by atoms with van der Waals surface area (Å²) in [7, 11) is 0. The molecule has 140 valence electrons. The van der Waals surface area contributed by atoms with Gasteiger partial charge in [-0.15, -0.1) is 0 Å². The number of halogens is 4. The predicted octanol–water partition coefficient (Wildman–Crippen LogP) is 3.85. The second-order valence-electron chi connectivity index (χ2n) is 5.48. The summed E-state index contributed by atoms with van der Waals surface area (Å²) in [6, 6.07) is 11.2. The molecule has 8 heteroatoms. The molecule has 2 aromatic rings. The molecule has 26 heavy (non-hydrogen) atoms. The summed E-state index contributed by atoms with van der Waals surface area (Å²) in [6.45, 7) is 0.365. The van der Waals surface area contributed by atoms with Gasteiger partial charge in [-0.25, -0.2) is 4.39 Å². The first kappa shape index (κ1) is 19.6. The number of carbonyl (C=O) groups is 1. The zero-order valence-electron chi connectivity index (χ0n) is 13.8. The number of hydrogen-bond acceptors (Lipinski definition) is 3. The molecule has 4 nitrogen and oxygen atoms in total. The second-order valence-corrected chi connectivity index (χ2v) is 5.48. The van der Waals surface area contributed by atoms with Crippen molar-refractivity contribution < 1.29 is 31.8 Å². The Morgan fingerprint density at radius 1 is 1.04 bits per heavy atom. The van der Waals surface area contributed by atoms with Gasteiger partial charge >= 0.3 is 6.18 Å². The minimum atomic E-state index is -4.40. The van der Waals surface area contributed by atoms with Crippen LogP contribution >= 0.6 is 0 Å². The average Bonchev–Trinajstić information content (AvgIpc) is 2.60. The Morgan fingerprint density at radius 3 is 2.19 bits per heavy atom. The van der Waals surface area contributed by atoms with Gasteiger partial charge in [-0.3, -0.25) is 4.79 Å². The topological polar surface area (TPSA) is 47.6 Å². The summed E-state index contributed by atoms with van der Waals surface area (Å²) >= 11 is 0. The molecule has 1 N–H and O–H groups in total. The molecule has 1 amide bonds. The van der Waals surface area contributed by atoms with Gasteiger partial charge in [0.1, 0.15) is 17.3 Å². The van der Waals surface area contributed by atoms with Gasteiger partial charge < -0.3 is 14.8 Å². The first-order valence-electron chi connectivity index (χ1n) is 7.71. The highest BCUT2D eigenvalue weighted by molar-refractivity contribution is 5.80. The molecule has 1 atom stereocenters. The van der Waals surface area contributed by atoms with Crippen molar-refractivity contribution in [3.8, 4) is 11.5 Å². The Labute approximate surface area is 147 Å². The highest BCUT2D eigenvalue weighted by Gasteiger charge is 2.28. The minimum Gasteiger partial charge on any atom is -0.484 e. The third-order valence-electron chi connectivity index (χ3n) is 3.29. The lowest BCUT2D eigenvalue weighted by Crippen LogP contribution is -2.35. The Balaban J connectivity index is 1.80. The molecule has 0 fully saturated rings. The third-order valence-corrected chi connectivity index (χ3v) is 3.29. The molecule has 0 aliphatic rings. The van der Waals surface area contributed by atoms with Gasteiger partial charge in [0, 0.05) is 6.54 Å². The maximum absolute atomic E-state index is 12.8. The van der Waals surface area contributed by atoms with Crippen molar-refractivity contribution in [2.45, 2.75) is 25.7 Å². The van der Waals surface area contributed by atoms with Crippen molar-refractivity contribution in [3.05, 3.63) is 59.9 Å². The van der Waals surface area contributed by atoms with Crippen molar-refractivity contribution in [1.29, 1.82) is 0 Å². The zero-order chi connectivity index (χ0) is 19.2. The summed E-state index contributed by atoms with van der Waals surface area (Å²) in [6.07, 6.45) is -5.19. The largest absolute Gasteiger partial charge is 0.484 e. The van der Waals surface area contributed by atoms with E-state index in [0.29, 0.717) is 11.3 Å². The minimum absolute atomic E-state index is 0.0883. The Bertz CT molecular complexity index is 715. The molecule has 0 heterocycles. The Kier molecular flexibility index (Phi) is 6.43. The van der Waals surface area contributed by atoms with Crippen molar-refractivity contribution >= 4 is 5.91 Å². The molecular formula is C18H17F4NO3. The van der Waals surface area contributed by atoms with Gasteiger partial charge in [-0.05, 0) is 48.9 Å². The fourth-order valence-corrected chi connectivity index (χ4v) is 1.97. The standard InChI is InChI=1S/C18H17F4NO3/c1-12(26-16-8-4-14(19)5-9-16)17(24)23-10-13-2-6-15(7-3-13)25-11-18(20,21)22/h2-9,12H,10-11H2,1H3,(H,23,24)/t12-/m1/s1. The van der Waals surface area contributed by atoms with Crippen LogP contribution in [0.1, 0.15) is 12.5 Å². The van der Waals surface area contributed by atoms with E-state index in [0.717, 1.165) is 0 Å². The number of alkyl halides is 3. The fraction of sp³-hybridized carbons (Fsp3) is 0.278. The molecule has 0 radical (unpaired) electrons. The van der Waals surface area contributed by atoms with Crippen LogP contribution in [0.5, 0.6) is 11.5 Å². The van der Waals surface area contributed by atoms with E-state index in [4.69, 9.17) is 4.74 Å². The lowest BCUT2D eigenvalue weighted by atomic mass is 10.2. The van der Waals surface area contributed by atoms with Crippen molar-refractivity contribution in [2.24, 2.45) is 0 Å². The zero-order valence-corrected chi connectivity index (χ0v) is 13.8. The number of benzene rings is 2. The maximum Gasteiger partial charge on any atom is 0.422 e. The third kappa shape index (κ3) is 6.62. The molecule has 0 saturated carbocycles. The number of carbonyl (C=O) groups excluding carboxylic acids is 1. The lowest BCUT2D eigenvalue weighted by Gasteiger charge is -2.15. The number of ether oxygens (including phenoxy) is 2. The van der Waals surface area contributed by atoms with E-state index in [1.54, 1.807) is 19.1 Å². The van der Waals surface area contributed by atoms with Crippen molar-refractivity contribution in [3.63, 3.8) is 0 Å². The molecule has 0 saturated heterocycles. The van der Waals surface area contributed by atoms with Crippen LogP contribution in [0.2, 0.25) is 0 Å². The quantitative estimate of drug-likeness (QED) is 0.752. The van der Waals surface area contributed by atoms with Crippen LogP contribution in [0.25, 0.3) is 0 Å². The van der Waals surface area contributed by atoms with Gasteiger partial charge in [0.15, 0.2) is 12.7 Å². The van der Waals surface area contributed by atoms with Gasteiger partial charge in [-0.1, -0.05) is 12.1 Å². The summed E-state index contributed by atoms with van der Waals surface area (Å²) in [4.78, 5) is 12.0. The van der Waals surface area contributed by atoms with E-state index < -0.39 is 24.7 Å². The molecule has 0 aromatic heterocycles. The number of amides is 1. The fourth-order valence-electron chi connectivity index (χ4n) is 1.97. The van der Waals surface area contributed by atoms with E-state index in [1.807, 2.05) is 0 Å². The van der Waals surface area contributed by atoms with E-state index in [1.165, 1.54) is 36.4 Å². The highest BCUT2D eigenvalue weighted by atomic mass is 19.4. The molecular weight excluding hydrogens is 354 g/mol. The van der Waals surface area contributed by atoms with E-state index in [2.05, 4.69) is 10.1 Å². The molecule has 2 aromatic carbocycles. The van der Waals surface area contributed by atoms with Gasteiger partial charge in [0.05, 0.1) is 0 Å². The van der Waals surface area contributed by atoms with Gasteiger partial charge in [-0.2, -0.15) is 13.2 Å². The van der Waals surface area contributed by atoms with Gasteiger partial charge in [0.2, 0.25) is 0 Å². The molecule has 0 unspecified atom stereocenters. The van der Waals surface area contributed by atoms with E-state index in [9.17, 15) is 22.4 Å². The Morgan fingerprint density at radius 2 is 1.62 bits per heavy atom. The lowest BCUT2D eigenvalue weighted by molar-refractivity contribution is -0.153. The van der Waals surface area contributed by atoms with Gasteiger partial charge in [0.25, 0.3) is 5.91 Å². The van der Waals surface area contributed by atoms with Crippen LogP contribution in [0.15, 0.2) is 48.5 Å². The van der Waals surface area contributed by atoms with Crippen LogP contribution in [0.4, 0.5) is 17.6 Å².